The molecule has 0 saturated carbocycles. The van der Waals surface area contributed by atoms with E-state index in [-0.39, 0.29) is 10.8 Å². The average Bonchev–Trinajstić information content (AvgIpc) is 2.69. The molecule has 1 N–H and O–H groups in total. The molecule has 4 nitrogen and oxygen atoms in total. The van der Waals surface area contributed by atoms with Gasteiger partial charge in [-0.3, -0.25) is 4.68 Å². The van der Waals surface area contributed by atoms with E-state index in [9.17, 15) is 4.55 Å². The van der Waals surface area contributed by atoms with Crippen molar-refractivity contribution in [3.05, 3.63) is 30.0 Å². The molecule has 104 valence electrons. The lowest BCUT2D eigenvalue weighted by atomic mass is 10.1. The van der Waals surface area contributed by atoms with Gasteiger partial charge in [-0.15, -0.1) is 4.72 Å². The molecule has 1 aromatic heterocycles. The lowest BCUT2D eigenvalue weighted by molar-refractivity contribution is 0.531. The van der Waals surface area contributed by atoms with E-state index >= 15 is 0 Å². The molecular formula is C14H21N3OS. The third-order valence-corrected chi connectivity index (χ3v) is 4.79. The highest BCUT2D eigenvalue weighted by Gasteiger charge is 2.28. The van der Waals surface area contributed by atoms with Gasteiger partial charge in [-0.2, -0.15) is 5.10 Å². The van der Waals surface area contributed by atoms with Gasteiger partial charge >= 0.3 is 0 Å². The summed E-state index contributed by atoms with van der Waals surface area (Å²) in [6, 6.07) is 6.25. The van der Waals surface area contributed by atoms with E-state index in [4.69, 9.17) is 0 Å². The summed E-state index contributed by atoms with van der Waals surface area (Å²) in [6.07, 6.45) is 1.85. The van der Waals surface area contributed by atoms with Gasteiger partial charge in [-0.25, -0.2) is 0 Å². The third-order valence-electron chi connectivity index (χ3n) is 3.11. The number of hydrogen-bond acceptors (Lipinski definition) is 3. The molecule has 0 bridgehead atoms. The average molecular weight is 279 g/mol. The first-order chi connectivity index (χ1) is 8.79. The van der Waals surface area contributed by atoms with Crippen LogP contribution in [0.25, 0.3) is 10.9 Å². The molecule has 0 fully saturated rings. The maximum absolute atomic E-state index is 12.1. The predicted octanol–water partition coefficient (Wildman–Crippen LogP) is 2.69. The number of fused-ring (bicyclic) bond motifs is 1. The Morgan fingerprint density at radius 3 is 2.68 bits per heavy atom. The van der Waals surface area contributed by atoms with E-state index in [1.165, 1.54) is 0 Å². The summed E-state index contributed by atoms with van der Waals surface area (Å²) in [5, 5.41) is 5.34. The van der Waals surface area contributed by atoms with Crippen LogP contribution in [0.15, 0.2) is 24.4 Å². The maximum atomic E-state index is 12.1. The van der Waals surface area contributed by atoms with Crippen LogP contribution in [0.5, 0.6) is 0 Å². The minimum atomic E-state index is -1.07. The first-order valence-corrected chi connectivity index (χ1v) is 7.54. The number of rotatable bonds is 3. The quantitative estimate of drug-likeness (QED) is 0.879. The van der Waals surface area contributed by atoms with Crippen molar-refractivity contribution in [3.63, 3.8) is 0 Å². The van der Waals surface area contributed by atoms with Crippen LogP contribution in [0.2, 0.25) is 0 Å². The number of benzene rings is 1. The number of aryl methyl sites for hydroxylation is 1. The van der Waals surface area contributed by atoms with Crippen LogP contribution < -0.4 is 4.72 Å². The zero-order chi connectivity index (χ0) is 14.2. The topological polar surface area (TPSA) is 52.9 Å². The predicted molar refractivity (Wildman–Crippen MR) is 80.2 cm³/mol. The van der Waals surface area contributed by atoms with Gasteiger partial charge < -0.3 is 4.55 Å². The van der Waals surface area contributed by atoms with Crippen LogP contribution in [0, 0.1) is 0 Å². The van der Waals surface area contributed by atoms with Gasteiger partial charge in [-0.05, 0) is 45.4 Å². The fourth-order valence-corrected chi connectivity index (χ4v) is 2.67. The molecule has 2 atom stereocenters. The Bertz CT molecular complexity index is 574. The maximum Gasteiger partial charge on any atom is 0.136 e. The number of hydrogen-bond donors (Lipinski definition) is 1. The van der Waals surface area contributed by atoms with Gasteiger partial charge in [-0.1, -0.05) is 6.07 Å². The summed E-state index contributed by atoms with van der Waals surface area (Å²) in [5.74, 6) is 0. The summed E-state index contributed by atoms with van der Waals surface area (Å²) in [5.41, 5.74) is 2.23. The van der Waals surface area contributed by atoms with Crippen LogP contribution in [0.3, 0.4) is 0 Å². The standard InChI is InChI=1S/C14H21N3OS/c1-10(16-19(18)14(2,3)4)11-6-7-13-12(8-11)9-15-17(13)5/h6-10,16H,1-5H3/t10-,19?/m1/s1. The molecule has 1 unspecified atom stereocenters. The van der Waals surface area contributed by atoms with Crippen LogP contribution in [0.1, 0.15) is 39.3 Å². The number of nitrogens with zero attached hydrogens (tertiary/aromatic N) is 2. The molecule has 1 heterocycles. The molecule has 0 aliphatic rings. The van der Waals surface area contributed by atoms with Gasteiger partial charge in [0.1, 0.15) is 4.75 Å². The van der Waals surface area contributed by atoms with Crippen molar-refractivity contribution in [1.82, 2.24) is 14.5 Å². The molecule has 0 aliphatic heterocycles. The van der Waals surface area contributed by atoms with Crippen molar-refractivity contribution < 1.29 is 4.55 Å². The highest BCUT2D eigenvalue weighted by Crippen LogP contribution is 2.22. The lowest BCUT2D eigenvalue weighted by Crippen LogP contribution is -2.40. The minimum absolute atomic E-state index is 0.0460. The Labute approximate surface area is 117 Å². The normalized spacial score (nSPS) is 15.7. The van der Waals surface area contributed by atoms with Gasteiger partial charge in [0.25, 0.3) is 0 Å². The SMILES string of the molecule is C[C@@H](N[S+]([O-])C(C)(C)C)c1ccc2c(cnn2C)c1. The highest BCUT2D eigenvalue weighted by atomic mass is 32.2. The van der Waals surface area contributed by atoms with E-state index in [0.717, 1.165) is 16.5 Å². The van der Waals surface area contributed by atoms with E-state index in [1.807, 2.05) is 45.6 Å². The van der Waals surface area contributed by atoms with E-state index in [0.29, 0.717) is 0 Å². The van der Waals surface area contributed by atoms with E-state index in [2.05, 4.69) is 28.0 Å². The summed E-state index contributed by atoms with van der Waals surface area (Å²) in [4.78, 5) is 0. The van der Waals surface area contributed by atoms with Crippen molar-refractivity contribution in [2.45, 2.75) is 38.5 Å². The van der Waals surface area contributed by atoms with Crippen LogP contribution in [-0.4, -0.2) is 19.1 Å². The van der Waals surface area contributed by atoms with E-state index in [1.54, 1.807) is 0 Å². The second kappa shape index (κ2) is 5.15. The van der Waals surface area contributed by atoms with Gasteiger partial charge in [0, 0.05) is 23.8 Å². The Morgan fingerprint density at radius 2 is 2.05 bits per heavy atom. The van der Waals surface area contributed by atoms with Crippen molar-refractivity contribution in [1.29, 1.82) is 0 Å². The third kappa shape index (κ3) is 3.11. The molecule has 19 heavy (non-hydrogen) atoms. The Balaban J connectivity index is 2.19. The molecule has 2 aromatic rings. The molecule has 0 spiro atoms. The zero-order valence-electron chi connectivity index (χ0n) is 12.1. The summed E-state index contributed by atoms with van der Waals surface area (Å²) < 4.78 is 16.8. The minimum Gasteiger partial charge on any atom is -0.598 e. The first kappa shape index (κ1) is 14.4. The lowest BCUT2D eigenvalue weighted by Gasteiger charge is -2.26. The highest BCUT2D eigenvalue weighted by molar-refractivity contribution is 7.90. The van der Waals surface area contributed by atoms with Crippen LogP contribution in [-0.2, 0) is 18.4 Å². The summed E-state index contributed by atoms with van der Waals surface area (Å²) in [7, 11) is 1.93. The van der Waals surface area contributed by atoms with Crippen molar-refractivity contribution >= 4 is 22.3 Å². The fourth-order valence-electron chi connectivity index (χ4n) is 1.86. The molecule has 0 radical (unpaired) electrons. The van der Waals surface area contributed by atoms with E-state index < -0.39 is 11.4 Å². The summed E-state index contributed by atoms with van der Waals surface area (Å²) in [6.45, 7) is 7.93. The molecule has 0 saturated heterocycles. The molecule has 0 amide bonds. The Hall–Kier alpha value is -1.04. The second-order valence-electron chi connectivity index (χ2n) is 5.81. The Kier molecular flexibility index (Phi) is 3.90. The molecule has 1 aromatic carbocycles. The molecular weight excluding hydrogens is 258 g/mol. The molecule has 5 heteroatoms. The van der Waals surface area contributed by atoms with Crippen LogP contribution >= 0.6 is 0 Å². The number of aromatic nitrogens is 2. The van der Waals surface area contributed by atoms with Gasteiger partial charge in [0.15, 0.2) is 0 Å². The van der Waals surface area contributed by atoms with Crippen molar-refractivity contribution in [2.75, 3.05) is 0 Å². The molecule has 0 aliphatic carbocycles. The molecule has 2 rings (SSSR count). The van der Waals surface area contributed by atoms with Crippen LogP contribution in [0.4, 0.5) is 0 Å². The monoisotopic (exact) mass is 279 g/mol. The summed E-state index contributed by atoms with van der Waals surface area (Å²) >= 11 is -1.07. The fraction of sp³-hybridized carbons (Fsp3) is 0.500. The van der Waals surface area contributed by atoms with Gasteiger partial charge in [0.2, 0.25) is 0 Å². The zero-order valence-corrected chi connectivity index (χ0v) is 12.9. The Morgan fingerprint density at radius 1 is 1.37 bits per heavy atom. The number of nitrogens with one attached hydrogen (secondary N) is 1. The first-order valence-electron chi connectivity index (χ1n) is 6.39. The largest absolute Gasteiger partial charge is 0.598 e. The smallest absolute Gasteiger partial charge is 0.136 e. The second-order valence-corrected chi connectivity index (χ2v) is 7.80. The van der Waals surface area contributed by atoms with Crippen molar-refractivity contribution in [2.24, 2.45) is 7.05 Å². The van der Waals surface area contributed by atoms with Gasteiger partial charge in [0.05, 0.1) is 17.8 Å². The van der Waals surface area contributed by atoms with Crippen molar-refractivity contribution in [3.8, 4) is 0 Å².